The van der Waals surface area contributed by atoms with Gasteiger partial charge in [-0.1, -0.05) is 17.7 Å². The van der Waals surface area contributed by atoms with Gasteiger partial charge in [-0.3, -0.25) is 14.9 Å². The highest BCUT2D eigenvalue weighted by atomic mass is 79.9. The van der Waals surface area contributed by atoms with Crippen molar-refractivity contribution in [2.45, 2.75) is 20.5 Å². The summed E-state index contributed by atoms with van der Waals surface area (Å²) in [5, 5.41) is 2.46. The smallest absolute Gasteiger partial charge is 0.336 e. The molecular weight excluding hydrogens is 620 g/mol. The number of halogens is 2. The molecule has 0 spiro atoms. The Balaban J connectivity index is 1.41. The van der Waals surface area contributed by atoms with Gasteiger partial charge in [0.1, 0.15) is 23.7 Å². The van der Waals surface area contributed by atoms with Crippen LogP contribution in [0.2, 0.25) is 5.02 Å². The molecule has 4 amide bonds. The zero-order chi connectivity index (χ0) is 29.1. The molecule has 0 bridgehead atoms. The molecule has 3 aromatic rings. The average Bonchev–Trinajstić information content (AvgIpc) is 3.40. The Morgan fingerprint density at radius 3 is 2.51 bits per heavy atom. The minimum Gasteiger partial charge on any atom is -0.494 e. The SMILES string of the molecule is CCOc1ccc(OCC)c(N2C(=O)NC(=O)/C(=C\c3cc(Cl)c(OCc4ccc5c(c4)OCO5)c(Br)c3)C2=O)c1. The highest BCUT2D eigenvalue weighted by Gasteiger charge is 2.38. The van der Waals surface area contributed by atoms with Gasteiger partial charge in [-0.2, -0.15) is 0 Å². The number of rotatable bonds is 9. The van der Waals surface area contributed by atoms with E-state index in [1.165, 1.54) is 12.1 Å². The number of carbonyl (C=O) groups excluding carboxylic acids is 3. The summed E-state index contributed by atoms with van der Waals surface area (Å²) in [7, 11) is 0. The molecular formula is C29H24BrClN2O8. The first-order valence-electron chi connectivity index (χ1n) is 12.6. The van der Waals surface area contributed by atoms with Gasteiger partial charge in [0, 0.05) is 6.07 Å². The second-order valence-corrected chi connectivity index (χ2v) is 10.0. The van der Waals surface area contributed by atoms with Crippen molar-refractivity contribution in [2.75, 3.05) is 24.9 Å². The molecule has 12 heteroatoms. The molecule has 0 unspecified atom stereocenters. The number of carbonyl (C=O) groups is 3. The van der Waals surface area contributed by atoms with Crippen LogP contribution in [-0.2, 0) is 16.2 Å². The fourth-order valence-electron chi connectivity index (χ4n) is 4.24. The van der Waals surface area contributed by atoms with Gasteiger partial charge in [0.05, 0.1) is 28.4 Å². The standard InChI is InChI=1S/C29H24BrClN2O8/c1-3-37-18-6-8-23(38-4-2)22(13-18)33-28(35)19(27(34)32-29(33)36)9-17-10-20(30)26(21(31)11-17)39-14-16-5-7-24-25(12-16)41-15-40-24/h5-13H,3-4,14-15H2,1-2H3,(H,32,34,36)/b19-9+. The second kappa shape index (κ2) is 12.1. The van der Waals surface area contributed by atoms with Gasteiger partial charge < -0.3 is 23.7 Å². The Morgan fingerprint density at radius 1 is 0.976 bits per heavy atom. The van der Waals surface area contributed by atoms with Crippen molar-refractivity contribution in [3.05, 3.63) is 74.7 Å². The average molecular weight is 644 g/mol. The van der Waals surface area contributed by atoms with Gasteiger partial charge in [-0.05, 0) is 83.4 Å². The number of ether oxygens (including phenoxy) is 5. The fourth-order valence-corrected chi connectivity index (χ4v) is 5.22. The van der Waals surface area contributed by atoms with Crippen molar-refractivity contribution < 1.29 is 38.1 Å². The molecule has 0 atom stereocenters. The summed E-state index contributed by atoms with van der Waals surface area (Å²) in [5.41, 5.74) is 1.15. The Morgan fingerprint density at radius 2 is 1.76 bits per heavy atom. The van der Waals surface area contributed by atoms with E-state index >= 15 is 0 Å². The van der Waals surface area contributed by atoms with Crippen molar-refractivity contribution in [3.63, 3.8) is 0 Å². The predicted molar refractivity (Wildman–Crippen MR) is 154 cm³/mol. The molecule has 0 radical (unpaired) electrons. The van der Waals surface area contributed by atoms with Crippen LogP contribution in [0.3, 0.4) is 0 Å². The number of urea groups is 1. The van der Waals surface area contributed by atoms with E-state index < -0.39 is 17.8 Å². The maximum Gasteiger partial charge on any atom is 0.336 e. The molecule has 0 aliphatic carbocycles. The third kappa shape index (κ3) is 5.96. The predicted octanol–water partition coefficient (Wildman–Crippen LogP) is 5.87. The monoisotopic (exact) mass is 642 g/mol. The van der Waals surface area contributed by atoms with E-state index in [2.05, 4.69) is 21.2 Å². The quantitative estimate of drug-likeness (QED) is 0.228. The fraction of sp³-hybridized carbons (Fsp3) is 0.207. The topological polar surface area (TPSA) is 113 Å². The van der Waals surface area contributed by atoms with Crippen molar-refractivity contribution >= 4 is 57.1 Å². The number of nitrogens with one attached hydrogen (secondary N) is 1. The number of fused-ring (bicyclic) bond motifs is 1. The largest absolute Gasteiger partial charge is 0.494 e. The summed E-state index contributed by atoms with van der Waals surface area (Å²) in [6, 6.07) is 12.6. The summed E-state index contributed by atoms with van der Waals surface area (Å²) in [6.07, 6.45) is 1.35. The van der Waals surface area contributed by atoms with E-state index in [1.807, 2.05) is 19.1 Å². The van der Waals surface area contributed by atoms with Crippen LogP contribution in [0.1, 0.15) is 25.0 Å². The van der Waals surface area contributed by atoms with E-state index in [0.29, 0.717) is 46.2 Å². The second-order valence-electron chi connectivity index (χ2n) is 8.74. The van der Waals surface area contributed by atoms with Crippen molar-refractivity contribution in [1.29, 1.82) is 0 Å². The highest BCUT2D eigenvalue weighted by Crippen LogP contribution is 2.38. The van der Waals surface area contributed by atoms with Crippen LogP contribution in [0.15, 0.2) is 58.6 Å². The van der Waals surface area contributed by atoms with Gasteiger partial charge in [0.2, 0.25) is 6.79 Å². The van der Waals surface area contributed by atoms with E-state index in [4.69, 9.17) is 35.3 Å². The first kappa shape index (κ1) is 28.3. The molecule has 1 saturated heterocycles. The summed E-state index contributed by atoms with van der Waals surface area (Å²) >= 11 is 9.99. The van der Waals surface area contributed by atoms with Crippen LogP contribution >= 0.6 is 27.5 Å². The third-order valence-electron chi connectivity index (χ3n) is 6.04. The molecule has 0 aromatic heterocycles. The summed E-state index contributed by atoms with van der Waals surface area (Å²) in [4.78, 5) is 40.0. The number of hydrogen-bond donors (Lipinski definition) is 1. The van der Waals surface area contributed by atoms with E-state index in [9.17, 15) is 14.4 Å². The number of hydrogen-bond acceptors (Lipinski definition) is 8. The van der Waals surface area contributed by atoms with Crippen molar-refractivity contribution in [2.24, 2.45) is 0 Å². The van der Waals surface area contributed by atoms with E-state index in [-0.39, 0.29) is 35.4 Å². The first-order valence-corrected chi connectivity index (χ1v) is 13.8. The van der Waals surface area contributed by atoms with Gasteiger partial charge >= 0.3 is 6.03 Å². The first-order chi connectivity index (χ1) is 19.8. The number of barbiturate groups is 1. The molecule has 2 aliphatic heterocycles. The van der Waals surface area contributed by atoms with Gasteiger partial charge in [-0.25, -0.2) is 9.69 Å². The van der Waals surface area contributed by atoms with Gasteiger partial charge in [0.15, 0.2) is 17.2 Å². The number of imide groups is 2. The summed E-state index contributed by atoms with van der Waals surface area (Å²) in [6.45, 7) is 4.64. The zero-order valence-electron chi connectivity index (χ0n) is 22.0. The van der Waals surface area contributed by atoms with Crippen LogP contribution in [0.25, 0.3) is 6.08 Å². The minimum atomic E-state index is -0.904. The maximum atomic E-state index is 13.5. The summed E-state index contributed by atoms with van der Waals surface area (Å²) < 4.78 is 28.3. The number of amides is 4. The molecule has 1 N–H and O–H groups in total. The van der Waals surface area contributed by atoms with Crippen molar-refractivity contribution in [1.82, 2.24) is 5.32 Å². The number of nitrogens with zero attached hydrogens (tertiary/aromatic N) is 1. The molecule has 2 heterocycles. The van der Waals surface area contributed by atoms with Crippen LogP contribution in [0.5, 0.6) is 28.7 Å². The molecule has 1 fully saturated rings. The van der Waals surface area contributed by atoms with Gasteiger partial charge in [0.25, 0.3) is 11.8 Å². The zero-order valence-corrected chi connectivity index (χ0v) is 24.3. The minimum absolute atomic E-state index is 0.144. The Kier molecular flexibility index (Phi) is 8.36. The highest BCUT2D eigenvalue weighted by molar-refractivity contribution is 9.10. The van der Waals surface area contributed by atoms with Crippen LogP contribution in [-0.4, -0.2) is 37.9 Å². The lowest BCUT2D eigenvalue weighted by Crippen LogP contribution is -2.54. The Labute approximate surface area is 248 Å². The lowest BCUT2D eigenvalue weighted by molar-refractivity contribution is -0.122. The van der Waals surface area contributed by atoms with Crippen LogP contribution < -0.4 is 33.9 Å². The molecule has 10 nitrogen and oxygen atoms in total. The van der Waals surface area contributed by atoms with Crippen LogP contribution in [0.4, 0.5) is 10.5 Å². The van der Waals surface area contributed by atoms with Gasteiger partial charge in [-0.15, -0.1) is 0 Å². The van der Waals surface area contributed by atoms with Crippen LogP contribution in [0, 0.1) is 0 Å². The maximum absolute atomic E-state index is 13.5. The normalized spacial score (nSPS) is 15.3. The Bertz CT molecular complexity index is 1550. The lowest BCUT2D eigenvalue weighted by Gasteiger charge is -2.28. The molecule has 3 aromatic carbocycles. The molecule has 0 saturated carbocycles. The van der Waals surface area contributed by atoms with Crippen molar-refractivity contribution in [3.8, 4) is 28.7 Å². The molecule has 2 aliphatic rings. The third-order valence-corrected chi connectivity index (χ3v) is 6.91. The summed E-state index contributed by atoms with van der Waals surface area (Å²) in [5.74, 6) is 0.720. The van der Waals surface area contributed by atoms with E-state index in [1.54, 1.807) is 37.3 Å². The lowest BCUT2D eigenvalue weighted by atomic mass is 10.1. The number of anilines is 1. The number of benzene rings is 3. The molecule has 212 valence electrons. The van der Waals surface area contributed by atoms with E-state index in [0.717, 1.165) is 10.5 Å². The molecule has 41 heavy (non-hydrogen) atoms. The Hall–Kier alpha value is -4.22. The molecule has 5 rings (SSSR count).